The smallest absolute Gasteiger partial charge is 0.289 e. The summed E-state index contributed by atoms with van der Waals surface area (Å²) in [5.74, 6) is -0.647. The lowest BCUT2D eigenvalue weighted by Gasteiger charge is -2.34. The predicted molar refractivity (Wildman–Crippen MR) is 92.0 cm³/mol. The van der Waals surface area contributed by atoms with Crippen molar-refractivity contribution in [2.75, 3.05) is 18.4 Å². The summed E-state index contributed by atoms with van der Waals surface area (Å²) < 4.78 is 5.60. The quantitative estimate of drug-likeness (QED) is 0.381. The maximum absolute atomic E-state index is 12.3. The Morgan fingerprint density at radius 2 is 2.12 bits per heavy atom. The first kappa shape index (κ1) is 18.7. The molecular weight excluding hydrogens is 348 g/mol. The molecule has 1 aliphatic rings. The van der Waals surface area contributed by atoms with E-state index in [1.165, 1.54) is 18.3 Å². The molecule has 1 aromatic carbocycles. The molecule has 1 fully saturated rings. The molecule has 0 bridgehead atoms. The van der Waals surface area contributed by atoms with E-state index in [4.69, 9.17) is 16.3 Å². The first-order valence-electron chi connectivity index (χ1n) is 7.57. The number of carbonyl (C=O) groups excluding carboxylic acids is 1. The lowest BCUT2D eigenvalue weighted by Crippen LogP contribution is -2.43. The number of nitrogens with zero attached hydrogens (tertiary/aromatic N) is 3. The van der Waals surface area contributed by atoms with Gasteiger partial charge in [0.1, 0.15) is 16.7 Å². The topological polar surface area (TPSA) is 109 Å². The Kier molecular flexibility index (Phi) is 5.96. The lowest BCUT2D eigenvalue weighted by atomic mass is 10.2. The van der Waals surface area contributed by atoms with Crippen LogP contribution in [0.5, 0.6) is 0 Å². The summed E-state index contributed by atoms with van der Waals surface area (Å²) in [4.78, 5) is 24.4. The van der Waals surface area contributed by atoms with Crippen molar-refractivity contribution >= 4 is 28.9 Å². The zero-order valence-electron chi connectivity index (χ0n) is 13.7. The molecule has 1 N–H and O–H groups in total. The van der Waals surface area contributed by atoms with Gasteiger partial charge in [-0.1, -0.05) is 11.6 Å². The predicted octanol–water partition coefficient (Wildman–Crippen LogP) is 2.70. The molecule has 1 aliphatic heterocycles. The number of morpholine rings is 1. The van der Waals surface area contributed by atoms with E-state index in [1.54, 1.807) is 0 Å². The molecule has 8 nitrogen and oxygen atoms in total. The number of nitro groups is 1. The molecule has 1 saturated heterocycles. The van der Waals surface area contributed by atoms with Gasteiger partial charge in [0.2, 0.25) is 0 Å². The number of anilines is 1. The van der Waals surface area contributed by atoms with Gasteiger partial charge in [-0.2, -0.15) is 5.26 Å². The van der Waals surface area contributed by atoms with Crippen molar-refractivity contribution in [3.8, 4) is 6.07 Å². The van der Waals surface area contributed by atoms with Crippen LogP contribution in [-0.2, 0) is 9.53 Å². The minimum Gasteiger partial charge on any atom is -0.372 e. The average Bonchev–Trinajstić information content (AvgIpc) is 2.53. The van der Waals surface area contributed by atoms with Crippen molar-refractivity contribution < 1.29 is 14.5 Å². The van der Waals surface area contributed by atoms with E-state index in [1.807, 2.05) is 24.8 Å². The molecular formula is C16H17ClN4O4. The fourth-order valence-corrected chi connectivity index (χ4v) is 2.76. The maximum Gasteiger partial charge on any atom is 0.289 e. The average molecular weight is 365 g/mol. The summed E-state index contributed by atoms with van der Waals surface area (Å²) in [5, 5.41) is 22.6. The lowest BCUT2D eigenvalue weighted by molar-refractivity contribution is -0.384. The van der Waals surface area contributed by atoms with Gasteiger partial charge >= 0.3 is 0 Å². The van der Waals surface area contributed by atoms with Gasteiger partial charge in [0.25, 0.3) is 11.6 Å². The van der Waals surface area contributed by atoms with Gasteiger partial charge in [-0.15, -0.1) is 0 Å². The standard InChI is InChI=1S/C16H17ClN4O4/c1-10-7-20(8-11(2)25-10)9-12(6-18)16(22)19-13-3-4-14(17)15(5-13)21(23)24/h3-5,9-11H,7-8H2,1-2H3,(H,19,22)/b12-9-. The third kappa shape index (κ3) is 4.92. The van der Waals surface area contributed by atoms with Gasteiger partial charge in [-0.3, -0.25) is 14.9 Å². The van der Waals surface area contributed by atoms with Crippen molar-refractivity contribution in [2.45, 2.75) is 26.1 Å². The van der Waals surface area contributed by atoms with Gasteiger partial charge < -0.3 is 15.0 Å². The highest BCUT2D eigenvalue weighted by Gasteiger charge is 2.22. The molecule has 1 amide bonds. The number of rotatable bonds is 4. The molecule has 2 unspecified atom stereocenters. The molecule has 132 valence electrons. The Bertz CT molecular complexity index is 749. The largest absolute Gasteiger partial charge is 0.372 e. The Balaban J connectivity index is 2.15. The summed E-state index contributed by atoms with van der Waals surface area (Å²) >= 11 is 5.74. The van der Waals surface area contributed by atoms with Crippen LogP contribution < -0.4 is 5.32 Å². The van der Waals surface area contributed by atoms with E-state index in [2.05, 4.69) is 5.32 Å². The summed E-state index contributed by atoms with van der Waals surface area (Å²) in [6, 6.07) is 5.75. The first-order valence-corrected chi connectivity index (χ1v) is 7.94. The van der Waals surface area contributed by atoms with Crippen molar-refractivity contribution in [3.05, 3.63) is 45.1 Å². The number of nitriles is 1. The molecule has 2 rings (SSSR count). The van der Waals surface area contributed by atoms with E-state index < -0.39 is 10.8 Å². The number of halogens is 1. The monoisotopic (exact) mass is 364 g/mol. The number of amides is 1. The highest BCUT2D eigenvalue weighted by atomic mass is 35.5. The highest BCUT2D eigenvalue weighted by molar-refractivity contribution is 6.32. The molecule has 1 heterocycles. The summed E-state index contributed by atoms with van der Waals surface area (Å²) in [6.45, 7) is 4.95. The Hall–Kier alpha value is -2.63. The van der Waals surface area contributed by atoms with Crippen molar-refractivity contribution in [3.63, 3.8) is 0 Å². The van der Waals surface area contributed by atoms with E-state index >= 15 is 0 Å². The number of nitrogens with one attached hydrogen (secondary N) is 1. The van der Waals surface area contributed by atoms with E-state index in [0.717, 1.165) is 6.07 Å². The van der Waals surface area contributed by atoms with E-state index in [9.17, 15) is 20.2 Å². The molecule has 0 aromatic heterocycles. The van der Waals surface area contributed by atoms with Crippen LogP contribution in [0.3, 0.4) is 0 Å². The second kappa shape index (κ2) is 7.96. The third-order valence-corrected chi connectivity index (χ3v) is 3.84. The zero-order valence-corrected chi connectivity index (χ0v) is 14.5. The summed E-state index contributed by atoms with van der Waals surface area (Å²) in [7, 11) is 0. The van der Waals surface area contributed by atoms with Crippen LogP contribution in [0.2, 0.25) is 5.02 Å². The Labute approximate surface area is 149 Å². The second-order valence-corrected chi connectivity index (χ2v) is 6.15. The molecule has 1 aromatic rings. The maximum atomic E-state index is 12.3. The fourth-order valence-electron chi connectivity index (χ4n) is 2.57. The minimum atomic E-state index is -0.647. The van der Waals surface area contributed by atoms with Gasteiger partial charge in [0.05, 0.1) is 17.1 Å². The van der Waals surface area contributed by atoms with Crippen molar-refractivity contribution in [1.82, 2.24) is 4.90 Å². The van der Waals surface area contributed by atoms with Crippen LogP contribution in [0, 0.1) is 21.4 Å². The van der Waals surface area contributed by atoms with Gasteiger partial charge in [-0.05, 0) is 26.0 Å². The van der Waals surface area contributed by atoms with Crippen molar-refractivity contribution in [2.24, 2.45) is 0 Å². The normalized spacial score (nSPS) is 20.7. The van der Waals surface area contributed by atoms with Gasteiger partial charge in [0, 0.05) is 31.0 Å². The van der Waals surface area contributed by atoms with Crippen LogP contribution in [0.15, 0.2) is 30.0 Å². The highest BCUT2D eigenvalue weighted by Crippen LogP contribution is 2.27. The molecule has 25 heavy (non-hydrogen) atoms. The molecule has 0 radical (unpaired) electrons. The summed E-state index contributed by atoms with van der Waals surface area (Å²) in [6.07, 6.45) is 1.46. The number of hydrogen-bond donors (Lipinski definition) is 1. The third-order valence-electron chi connectivity index (χ3n) is 3.53. The molecule has 0 saturated carbocycles. The molecule has 0 spiro atoms. The molecule has 2 atom stereocenters. The minimum absolute atomic E-state index is 0.0121. The SMILES string of the molecule is CC1CN(/C=C(/C#N)C(=O)Nc2ccc(Cl)c([N+](=O)[O-])c2)CC(C)O1. The second-order valence-electron chi connectivity index (χ2n) is 5.74. The number of carbonyl (C=O) groups is 1. The van der Waals surface area contributed by atoms with E-state index in [-0.39, 0.29) is 34.2 Å². The fraction of sp³-hybridized carbons (Fsp3) is 0.375. The van der Waals surface area contributed by atoms with Crippen LogP contribution in [0.4, 0.5) is 11.4 Å². The number of nitro benzene ring substituents is 1. The number of benzene rings is 1. The van der Waals surface area contributed by atoms with Gasteiger partial charge in [-0.25, -0.2) is 0 Å². The summed E-state index contributed by atoms with van der Waals surface area (Å²) in [5.41, 5.74) is -0.234. The van der Waals surface area contributed by atoms with Crippen LogP contribution in [0.1, 0.15) is 13.8 Å². The van der Waals surface area contributed by atoms with Crippen LogP contribution >= 0.6 is 11.6 Å². The van der Waals surface area contributed by atoms with Crippen LogP contribution in [0.25, 0.3) is 0 Å². The number of ether oxygens (including phenoxy) is 1. The zero-order chi connectivity index (χ0) is 18.6. The Morgan fingerprint density at radius 3 is 2.68 bits per heavy atom. The van der Waals surface area contributed by atoms with Crippen molar-refractivity contribution in [1.29, 1.82) is 5.26 Å². The van der Waals surface area contributed by atoms with E-state index in [0.29, 0.717) is 13.1 Å². The number of hydrogen-bond acceptors (Lipinski definition) is 6. The molecule has 0 aliphatic carbocycles. The molecule has 9 heteroatoms. The van der Waals surface area contributed by atoms with Crippen LogP contribution in [-0.4, -0.2) is 41.0 Å². The first-order chi connectivity index (χ1) is 11.8. The van der Waals surface area contributed by atoms with Gasteiger partial charge in [0.15, 0.2) is 0 Å². The Morgan fingerprint density at radius 1 is 1.48 bits per heavy atom.